The number of nitrogens with two attached hydrogens (primary N) is 1. The molecule has 1 saturated carbocycles. The average molecular weight is 460 g/mol. The Morgan fingerprint density at radius 1 is 1.12 bits per heavy atom. The third-order valence-corrected chi connectivity index (χ3v) is 6.59. The molecule has 2 aromatic rings. The first-order valence-electron chi connectivity index (χ1n) is 12.1. The van der Waals surface area contributed by atoms with Crippen molar-refractivity contribution in [1.29, 1.82) is 0 Å². The minimum Gasteiger partial charge on any atom is -0.408 e. The van der Waals surface area contributed by atoms with Crippen LogP contribution in [0.15, 0.2) is 18.2 Å². The first-order valence-corrected chi connectivity index (χ1v) is 12.1. The fourth-order valence-corrected chi connectivity index (χ4v) is 4.79. The highest BCUT2D eigenvalue weighted by Crippen LogP contribution is 2.24. The van der Waals surface area contributed by atoms with Gasteiger partial charge in [-0.3, -0.25) is 4.90 Å². The molecule has 33 heavy (non-hydrogen) atoms. The predicted octanol–water partition coefficient (Wildman–Crippen LogP) is 3.46. The number of nitrogens with one attached hydrogen (secondary N) is 4. The zero-order valence-corrected chi connectivity index (χ0v) is 19.4. The Morgan fingerprint density at radius 2 is 1.91 bits per heavy atom. The van der Waals surface area contributed by atoms with Gasteiger partial charge in [0, 0.05) is 17.8 Å². The van der Waals surface area contributed by atoms with E-state index in [-0.39, 0.29) is 5.75 Å². The Kier molecular flexibility index (Phi) is 8.11. The number of hydrogen-bond donors (Lipinski definition) is 4. The maximum absolute atomic E-state index is 14.1. The lowest BCUT2D eigenvalue weighted by atomic mass is 10.1. The van der Waals surface area contributed by atoms with E-state index >= 15 is 0 Å². The van der Waals surface area contributed by atoms with Crippen molar-refractivity contribution in [2.75, 3.05) is 35.6 Å². The van der Waals surface area contributed by atoms with Crippen molar-refractivity contribution in [1.82, 2.24) is 14.9 Å². The van der Waals surface area contributed by atoms with Crippen LogP contribution < -0.4 is 31.7 Å². The minimum absolute atomic E-state index is 0.0158. The van der Waals surface area contributed by atoms with Crippen LogP contribution >= 0.6 is 0 Å². The molecule has 1 unspecified atom stereocenters. The second-order valence-corrected chi connectivity index (χ2v) is 8.90. The second kappa shape index (κ2) is 11.4. The number of aromatic amines is 1. The Bertz CT molecular complexity index is 906. The van der Waals surface area contributed by atoms with E-state index in [1.807, 2.05) is 0 Å². The molecule has 180 valence electrons. The van der Waals surface area contributed by atoms with E-state index in [4.69, 9.17) is 5.90 Å². The Hall–Kier alpha value is -2.72. The largest absolute Gasteiger partial charge is 0.408 e. The van der Waals surface area contributed by atoms with E-state index in [1.54, 1.807) is 6.07 Å². The molecule has 1 aromatic carbocycles. The third-order valence-electron chi connectivity index (χ3n) is 6.59. The van der Waals surface area contributed by atoms with E-state index in [0.717, 1.165) is 32.5 Å². The minimum atomic E-state index is -0.555. The van der Waals surface area contributed by atoms with Crippen LogP contribution in [0.3, 0.4) is 0 Å². The van der Waals surface area contributed by atoms with Gasteiger partial charge in [-0.15, -0.1) is 0 Å². The normalized spacial score (nSPS) is 19.8. The molecule has 1 aliphatic carbocycles. The third kappa shape index (κ3) is 6.42. The molecule has 2 heterocycles. The molecule has 1 saturated heterocycles. The molecule has 0 radical (unpaired) electrons. The predicted molar refractivity (Wildman–Crippen MR) is 127 cm³/mol. The zero-order chi connectivity index (χ0) is 23.0. The summed E-state index contributed by atoms with van der Waals surface area (Å²) >= 11 is 0. The molecule has 2 fully saturated rings. The topological polar surface area (TPSA) is 114 Å². The van der Waals surface area contributed by atoms with Crippen LogP contribution in [0.2, 0.25) is 0 Å². The zero-order valence-electron chi connectivity index (χ0n) is 19.4. The molecule has 0 spiro atoms. The second-order valence-electron chi connectivity index (χ2n) is 8.90. The number of anilines is 4. The highest BCUT2D eigenvalue weighted by atomic mass is 19.1. The van der Waals surface area contributed by atoms with Crippen molar-refractivity contribution >= 4 is 23.5 Å². The quantitative estimate of drug-likeness (QED) is 0.333. The first-order chi connectivity index (χ1) is 16.1. The lowest BCUT2D eigenvalue weighted by Gasteiger charge is -2.21. The van der Waals surface area contributed by atoms with Crippen LogP contribution in [0.25, 0.3) is 0 Å². The summed E-state index contributed by atoms with van der Waals surface area (Å²) < 4.78 is 14.1. The molecular formula is C23H36FN8O+. The number of H-pyrrole nitrogens is 1. The van der Waals surface area contributed by atoms with Gasteiger partial charge in [-0.2, -0.15) is 5.90 Å². The summed E-state index contributed by atoms with van der Waals surface area (Å²) in [4.78, 5) is 19.5. The summed E-state index contributed by atoms with van der Waals surface area (Å²) in [6.07, 6.45) is 9.68. The van der Waals surface area contributed by atoms with Gasteiger partial charge >= 0.3 is 17.8 Å². The van der Waals surface area contributed by atoms with Crippen molar-refractivity contribution in [2.45, 2.75) is 70.4 Å². The summed E-state index contributed by atoms with van der Waals surface area (Å²) in [6.45, 7) is 5.20. The van der Waals surface area contributed by atoms with Crippen molar-refractivity contribution in [3.63, 3.8) is 0 Å². The van der Waals surface area contributed by atoms with E-state index in [1.165, 1.54) is 50.7 Å². The fourth-order valence-electron chi connectivity index (χ4n) is 4.79. The van der Waals surface area contributed by atoms with Gasteiger partial charge in [0.05, 0.1) is 12.6 Å². The van der Waals surface area contributed by atoms with Gasteiger partial charge in [-0.1, -0.05) is 42.6 Å². The molecule has 1 aromatic heterocycles. The number of hydrogen-bond acceptors (Lipinski definition) is 8. The molecule has 0 amide bonds. The molecule has 9 nitrogen and oxygen atoms in total. The fraction of sp³-hybridized carbons (Fsp3) is 0.609. The molecule has 1 aliphatic heterocycles. The SMILES string of the molecule is CCN1CCCC1CNc1nc(Nc2ccc(ON)c(F)c2)nc(NC2CCCCCC2)[nH+]1. The van der Waals surface area contributed by atoms with Crippen molar-refractivity contribution < 1.29 is 14.2 Å². The average Bonchev–Trinajstić information content (AvgIpc) is 3.12. The smallest absolute Gasteiger partial charge is 0.324 e. The summed E-state index contributed by atoms with van der Waals surface area (Å²) in [5.41, 5.74) is 0.513. The molecular weight excluding hydrogens is 423 g/mol. The summed E-state index contributed by atoms with van der Waals surface area (Å²) in [7, 11) is 0. The molecule has 6 N–H and O–H groups in total. The van der Waals surface area contributed by atoms with E-state index in [9.17, 15) is 4.39 Å². The van der Waals surface area contributed by atoms with Crippen LogP contribution in [-0.4, -0.2) is 46.6 Å². The molecule has 1 atom stereocenters. The van der Waals surface area contributed by atoms with Gasteiger partial charge in [0.15, 0.2) is 11.6 Å². The molecule has 0 bridgehead atoms. The van der Waals surface area contributed by atoms with Gasteiger partial charge in [0.25, 0.3) is 0 Å². The number of likely N-dealkylation sites (N-methyl/N-ethyl adjacent to an activating group) is 1. The van der Waals surface area contributed by atoms with Gasteiger partial charge in [-0.25, -0.2) is 9.37 Å². The van der Waals surface area contributed by atoms with E-state index in [2.05, 4.69) is 47.6 Å². The van der Waals surface area contributed by atoms with Crippen molar-refractivity contribution in [3.05, 3.63) is 24.0 Å². The molecule has 4 rings (SSSR count). The van der Waals surface area contributed by atoms with Crippen LogP contribution in [0.4, 0.5) is 27.9 Å². The number of halogens is 1. The summed E-state index contributed by atoms with van der Waals surface area (Å²) in [6, 6.07) is 5.32. The van der Waals surface area contributed by atoms with E-state index < -0.39 is 5.82 Å². The van der Waals surface area contributed by atoms with Crippen LogP contribution in [0, 0.1) is 5.82 Å². The number of benzene rings is 1. The first kappa shape index (κ1) is 23.4. The van der Waals surface area contributed by atoms with Gasteiger partial charge in [-0.05, 0) is 50.9 Å². The van der Waals surface area contributed by atoms with Crippen molar-refractivity contribution in [3.8, 4) is 5.75 Å². The Balaban J connectivity index is 1.52. The number of aromatic nitrogens is 3. The lowest BCUT2D eigenvalue weighted by molar-refractivity contribution is -0.352. The highest BCUT2D eigenvalue weighted by Gasteiger charge is 2.25. The van der Waals surface area contributed by atoms with Crippen LogP contribution in [0.1, 0.15) is 58.3 Å². The number of likely N-dealkylation sites (tertiary alicyclic amines) is 1. The maximum atomic E-state index is 14.1. The van der Waals surface area contributed by atoms with Gasteiger partial charge < -0.3 is 20.8 Å². The summed E-state index contributed by atoms with van der Waals surface area (Å²) in [5.74, 6) is 6.19. The van der Waals surface area contributed by atoms with Crippen molar-refractivity contribution in [2.24, 2.45) is 5.90 Å². The highest BCUT2D eigenvalue weighted by molar-refractivity contribution is 5.56. The van der Waals surface area contributed by atoms with Gasteiger partial charge in [0.2, 0.25) is 0 Å². The van der Waals surface area contributed by atoms with E-state index in [0.29, 0.717) is 35.6 Å². The van der Waals surface area contributed by atoms with Gasteiger partial charge in [0.1, 0.15) is 0 Å². The Labute approximate surface area is 194 Å². The molecule has 10 heteroatoms. The lowest BCUT2D eigenvalue weighted by Crippen LogP contribution is -2.36. The number of rotatable bonds is 9. The van der Waals surface area contributed by atoms with Crippen LogP contribution in [-0.2, 0) is 0 Å². The molecule has 2 aliphatic rings. The number of nitrogens with zero attached hydrogens (tertiary/aromatic N) is 3. The Morgan fingerprint density at radius 3 is 2.64 bits per heavy atom. The summed E-state index contributed by atoms with van der Waals surface area (Å²) in [5, 5.41) is 10.1. The monoisotopic (exact) mass is 459 g/mol. The standard InChI is InChI=1S/C23H35FN8O/c1-2-32-13-7-10-18(32)15-26-21-29-22(27-16-8-5-3-4-6-9-16)31-23(30-21)28-17-11-12-20(33-25)19(24)14-17/h11-12,14,16,18H,2-10,13,15,25H2,1H3,(H3,26,27,28,29,30,31)/p+1. The van der Waals surface area contributed by atoms with Crippen LogP contribution in [0.5, 0.6) is 5.75 Å². The maximum Gasteiger partial charge on any atom is 0.324 e.